The molecule has 0 bridgehead atoms. The van der Waals surface area contributed by atoms with Gasteiger partial charge >= 0.3 is 6.03 Å². The smallest absolute Gasteiger partial charge is 0.318 e. The van der Waals surface area contributed by atoms with Gasteiger partial charge in [-0.15, -0.1) is 0 Å². The number of rotatable bonds is 7. The van der Waals surface area contributed by atoms with E-state index in [1.165, 1.54) is 5.56 Å². The number of benzene rings is 2. The van der Waals surface area contributed by atoms with Crippen molar-refractivity contribution in [2.75, 3.05) is 0 Å². The molecule has 0 aliphatic rings. The number of urea groups is 1. The Kier molecular flexibility index (Phi) is 7.07. The van der Waals surface area contributed by atoms with Crippen LogP contribution in [-0.2, 0) is 6.42 Å². The van der Waals surface area contributed by atoms with E-state index in [9.17, 15) is 4.79 Å². The topological polar surface area (TPSA) is 50.4 Å². The van der Waals surface area contributed by atoms with Crippen molar-refractivity contribution in [2.45, 2.75) is 59.2 Å². The molecule has 0 spiro atoms. The Morgan fingerprint density at radius 3 is 2.23 bits per heavy atom. The summed E-state index contributed by atoms with van der Waals surface area (Å²) in [6.07, 6.45) is 0.583. The first-order chi connectivity index (χ1) is 12.4. The Morgan fingerprint density at radius 2 is 1.62 bits per heavy atom. The summed E-state index contributed by atoms with van der Waals surface area (Å²) in [5, 5.41) is 5.80. The monoisotopic (exact) mass is 354 g/mol. The van der Waals surface area contributed by atoms with Gasteiger partial charge in [-0.25, -0.2) is 4.79 Å². The molecule has 0 aromatic heterocycles. The van der Waals surface area contributed by atoms with Gasteiger partial charge in [-0.2, -0.15) is 0 Å². The zero-order valence-electron chi connectivity index (χ0n) is 16.4. The Morgan fingerprint density at radius 1 is 0.962 bits per heavy atom. The minimum absolute atomic E-state index is 0.0731. The van der Waals surface area contributed by atoms with Crippen LogP contribution in [0.15, 0.2) is 48.5 Å². The van der Waals surface area contributed by atoms with E-state index < -0.39 is 6.23 Å². The molecule has 0 aliphatic carbocycles. The normalized spacial score (nSPS) is 13.2. The van der Waals surface area contributed by atoms with Crippen LogP contribution < -0.4 is 15.4 Å². The van der Waals surface area contributed by atoms with Crippen LogP contribution in [0.1, 0.15) is 63.3 Å². The second-order valence-corrected chi connectivity index (χ2v) is 6.89. The fraction of sp³-hybridized carbons (Fsp3) is 0.409. The van der Waals surface area contributed by atoms with Gasteiger partial charge < -0.3 is 15.4 Å². The number of para-hydroxylation sites is 1. The summed E-state index contributed by atoms with van der Waals surface area (Å²) in [5.74, 6) is 1.16. The predicted octanol–water partition coefficient (Wildman–Crippen LogP) is 5.16. The maximum absolute atomic E-state index is 12.3. The standard InChI is InChI=1S/C22H30N2O2/c1-6-18-11-13-19(14-12-18)16(4)23-22(25)24-17(5)26-21-10-8-7-9-20(21)15(2)3/h7-17H,6H2,1-5H3,(H2,23,24,25). The zero-order chi connectivity index (χ0) is 19.1. The van der Waals surface area contributed by atoms with E-state index in [0.29, 0.717) is 5.92 Å². The average molecular weight is 354 g/mol. The van der Waals surface area contributed by atoms with Crippen molar-refractivity contribution in [3.05, 3.63) is 65.2 Å². The molecular weight excluding hydrogens is 324 g/mol. The van der Waals surface area contributed by atoms with Crippen molar-refractivity contribution in [1.82, 2.24) is 10.6 Å². The summed E-state index contributed by atoms with van der Waals surface area (Å²) in [4.78, 5) is 12.3. The van der Waals surface area contributed by atoms with E-state index in [-0.39, 0.29) is 12.1 Å². The van der Waals surface area contributed by atoms with Gasteiger partial charge in [0.05, 0.1) is 6.04 Å². The van der Waals surface area contributed by atoms with Gasteiger partial charge in [0, 0.05) is 0 Å². The lowest BCUT2D eigenvalue weighted by Crippen LogP contribution is -2.44. The molecule has 0 heterocycles. The van der Waals surface area contributed by atoms with E-state index in [1.54, 1.807) is 0 Å². The van der Waals surface area contributed by atoms with Crippen molar-refractivity contribution in [1.29, 1.82) is 0 Å². The molecule has 0 aliphatic heterocycles. The SMILES string of the molecule is CCc1ccc(C(C)NC(=O)NC(C)Oc2ccccc2C(C)C)cc1. The lowest BCUT2D eigenvalue weighted by Gasteiger charge is -2.21. The highest BCUT2D eigenvalue weighted by Gasteiger charge is 2.14. The van der Waals surface area contributed by atoms with Crippen molar-refractivity contribution < 1.29 is 9.53 Å². The number of carbonyl (C=O) groups is 1. The summed E-state index contributed by atoms with van der Waals surface area (Å²) in [7, 11) is 0. The highest BCUT2D eigenvalue weighted by molar-refractivity contribution is 5.74. The van der Waals surface area contributed by atoms with E-state index in [0.717, 1.165) is 23.3 Å². The fourth-order valence-corrected chi connectivity index (χ4v) is 2.83. The minimum Gasteiger partial charge on any atom is -0.471 e. The van der Waals surface area contributed by atoms with Crippen LogP contribution >= 0.6 is 0 Å². The average Bonchev–Trinajstić information content (AvgIpc) is 2.61. The van der Waals surface area contributed by atoms with Gasteiger partial charge in [0.25, 0.3) is 0 Å². The van der Waals surface area contributed by atoms with Crippen LogP contribution in [0.5, 0.6) is 5.75 Å². The van der Waals surface area contributed by atoms with Crippen LogP contribution in [0.3, 0.4) is 0 Å². The van der Waals surface area contributed by atoms with Crippen molar-refractivity contribution in [3.8, 4) is 5.75 Å². The van der Waals surface area contributed by atoms with Gasteiger partial charge in [0.2, 0.25) is 0 Å². The molecule has 2 amide bonds. The van der Waals surface area contributed by atoms with E-state index in [4.69, 9.17) is 4.74 Å². The Bertz CT molecular complexity index is 710. The van der Waals surface area contributed by atoms with Crippen molar-refractivity contribution in [3.63, 3.8) is 0 Å². The molecule has 2 aromatic rings. The van der Waals surface area contributed by atoms with Crippen LogP contribution in [-0.4, -0.2) is 12.3 Å². The highest BCUT2D eigenvalue weighted by Crippen LogP contribution is 2.26. The van der Waals surface area contributed by atoms with Gasteiger partial charge in [0.1, 0.15) is 5.75 Å². The predicted molar refractivity (Wildman–Crippen MR) is 107 cm³/mol. The maximum Gasteiger partial charge on any atom is 0.318 e. The first-order valence-corrected chi connectivity index (χ1v) is 9.32. The molecular formula is C22H30N2O2. The molecule has 0 radical (unpaired) electrons. The van der Waals surface area contributed by atoms with Crippen molar-refractivity contribution >= 4 is 6.03 Å². The summed E-state index contributed by atoms with van der Waals surface area (Å²) in [6.45, 7) is 10.2. The molecule has 2 unspecified atom stereocenters. The van der Waals surface area contributed by atoms with Crippen LogP contribution in [0.4, 0.5) is 4.79 Å². The first-order valence-electron chi connectivity index (χ1n) is 9.32. The molecule has 2 atom stereocenters. The van der Waals surface area contributed by atoms with E-state index in [2.05, 4.69) is 61.7 Å². The number of hydrogen-bond acceptors (Lipinski definition) is 2. The maximum atomic E-state index is 12.3. The summed E-state index contributed by atoms with van der Waals surface area (Å²) in [5.41, 5.74) is 3.50. The molecule has 0 fully saturated rings. The highest BCUT2D eigenvalue weighted by atomic mass is 16.5. The zero-order valence-corrected chi connectivity index (χ0v) is 16.4. The van der Waals surface area contributed by atoms with Gasteiger partial charge in [-0.05, 0) is 48.9 Å². The summed E-state index contributed by atoms with van der Waals surface area (Å²) >= 11 is 0. The number of ether oxygens (including phenoxy) is 1. The second kappa shape index (κ2) is 9.27. The second-order valence-electron chi connectivity index (χ2n) is 6.89. The van der Waals surface area contributed by atoms with Crippen molar-refractivity contribution in [2.24, 2.45) is 0 Å². The first kappa shape index (κ1) is 19.8. The van der Waals surface area contributed by atoms with Gasteiger partial charge in [0.15, 0.2) is 6.23 Å². The number of carbonyl (C=O) groups excluding carboxylic acids is 1. The third kappa shape index (κ3) is 5.51. The van der Waals surface area contributed by atoms with Crippen LogP contribution in [0.2, 0.25) is 0 Å². The third-order valence-electron chi connectivity index (χ3n) is 4.41. The molecule has 4 nitrogen and oxygen atoms in total. The molecule has 0 saturated heterocycles. The summed E-state index contributed by atoms with van der Waals surface area (Å²) < 4.78 is 5.92. The molecule has 2 rings (SSSR count). The largest absolute Gasteiger partial charge is 0.471 e. The molecule has 4 heteroatoms. The van der Waals surface area contributed by atoms with E-state index in [1.807, 2.05) is 32.0 Å². The molecule has 2 aromatic carbocycles. The Hall–Kier alpha value is -2.49. The van der Waals surface area contributed by atoms with Gasteiger partial charge in [-0.3, -0.25) is 0 Å². The quantitative estimate of drug-likeness (QED) is 0.675. The molecule has 26 heavy (non-hydrogen) atoms. The lowest BCUT2D eigenvalue weighted by atomic mass is 10.0. The lowest BCUT2D eigenvalue weighted by molar-refractivity contribution is 0.174. The number of amides is 2. The molecule has 140 valence electrons. The summed E-state index contributed by atoms with van der Waals surface area (Å²) in [6, 6.07) is 15.9. The van der Waals surface area contributed by atoms with E-state index >= 15 is 0 Å². The third-order valence-corrected chi connectivity index (χ3v) is 4.41. The fourth-order valence-electron chi connectivity index (χ4n) is 2.83. The number of hydrogen-bond donors (Lipinski definition) is 2. The van der Waals surface area contributed by atoms with Crippen LogP contribution in [0.25, 0.3) is 0 Å². The minimum atomic E-state index is -0.426. The Balaban J connectivity index is 1.90. The molecule has 0 saturated carbocycles. The van der Waals surface area contributed by atoms with Gasteiger partial charge in [-0.1, -0.05) is 63.2 Å². The molecule has 2 N–H and O–H groups in total. The number of aryl methyl sites for hydroxylation is 1. The number of nitrogens with one attached hydrogen (secondary N) is 2. The Labute approximate surface area is 157 Å². The van der Waals surface area contributed by atoms with Crippen LogP contribution in [0, 0.1) is 0 Å².